The van der Waals surface area contributed by atoms with Gasteiger partial charge in [-0.3, -0.25) is 4.98 Å². The Kier molecular flexibility index (Phi) is 6.64. The van der Waals surface area contributed by atoms with Crippen LogP contribution < -0.4 is 4.74 Å². The summed E-state index contributed by atoms with van der Waals surface area (Å²) in [5.74, 6) is 0.898. The van der Waals surface area contributed by atoms with Crippen LogP contribution in [0.2, 0.25) is 0 Å². The quantitative estimate of drug-likeness (QED) is 0.145. The molecule has 0 saturated carbocycles. The largest absolute Gasteiger partial charge is 0.485 e. The smallest absolute Gasteiger partial charge is 0.136 e. The first-order chi connectivity index (χ1) is 23.3. The normalized spacial score (nSPS) is 14.8. The maximum Gasteiger partial charge on any atom is 0.136 e. The molecular formula is C45H31NO. The zero-order valence-corrected chi connectivity index (χ0v) is 25.8. The van der Waals surface area contributed by atoms with Gasteiger partial charge in [0.15, 0.2) is 0 Å². The number of benzene rings is 7. The molecule has 47 heavy (non-hydrogen) atoms. The number of hydrogen-bond donors (Lipinski definition) is 0. The van der Waals surface area contributed by atoms with E-state index < -0.39 is 0 Å². The maximum atomic E-state index is 7.19. The van der Waals surface area contributed by atoms with E-state index in [9.17, 15) is 0 Å². The van der Waals surface area contributed by atoms with Crippen molar-refractivity contribution in [1.29, 1.82) is 0 Å². The summed E-state index contributed by atoms with van der Waals surface area (Å²) in [4.78, 5) is 4.66. The lowest BCUT2D eigenvalue weighted by Crippen LogP contribution is -2.18. The first kappa shape index (κ1) is 27.3. The molecule has 9 rings (SSSR count). The van der Waals surface area contributed by atoms with E-state index in [1.54, 1.807) is 0 Å². The lowest BCUT2D eigenvalue weighted by Gasteiger charge is -2.26. The van der Waals surface area contributed by atoms with Crippen LogP contribution >= 0.6 is 0 Å². The second-order valence-electron chi connectivity index (χ2n) is 12.2. The van der Waals surface area contributed by atoms with Gasteiger partial charge in [-0.15, -0.1) is 0 Å². The minimum absolute atomic E-state index is 0.155. The molecule has 8 aromatic rings. The Morgan fingerprint density at radius 2 is 1.15 bits per heavy atom. The van der Waals surface area contributed by atoms with Crippen molar-refractivity contribution in [1.82, 2.24) is 4.98 Å². The molecule has 222 valence electrons. The molecule has 1 aliphatic carbocycles. The molecule has 1 heterocycles. The zero-order chi connectivity index (χ0) is 31.2. The van der Waals surface area contributed by atoms with Crippen molar-refractivity contribution in [2.75, 3.05) is 0 Å². The minimum Gasteiger partial charge on any atom is -0.485 e. The van der Waals surface area contributed by atoms with Crippen LogP contribution in [0.5, 0.6) is 5.75 Å². The van der Waals surface area contributed by atoms with Gasteiger partial charge in [0.2, 0.25) is 0 Å². The van der Waals surface area contributed by atoms with Crippen molar-refractivity contribution in [2.24, 2.45) is 0 Å². The van der Waals surface area contributed by atoms with Crippen molar-refractivity contribution in [3.63, 3.8) is 0 Å². The third-order valence-corrected chi connectivity index (χ3v) is 9.45. The summed E-state index contributed by atoms with van der Waals surface area (Å²) in [6.45, 7) is 0. The first-order valence-electron chi connectivity index (χ1n) is 16.2. The lowest BCUT2D eigenvalue weighted by atomic mass is 9.87. The van der Waals surface area contributed by atoms with Gasteiger partial charge in [0.25, 0.3) is 0 Å². The molecule has 0 radical (unpaired) electrons. The molecule has 0 fully saturated rings. The number of rotatable bonds is 5. The van der Waals surface area contributed by atoms with Crippen LogP contribution in [-0.2, 0) is 0 Å². The van der Waals surface area contributed by atoms with Crippen LogP contribution in [0.15, 0.2) is 170 Å². The summed E-state index contributed by atoms with van der Waals surface area (Å²) < 4.78 is 7.19. The van der Waals surface area contributed by atoms with E-state index in [0.29, 0.717) is 0 Å². The lowest BCUT2D eigenvalue weighted by molar-refractivity contribution is 0.261. The predicted molar refractivity (Wildman–Crippen MR) is 198 cm³/mol. The van der Waals surface area contributed by atoms with E-state index in [2.05, 4.69) is 163 Å². The van der Waals surface area contributed by atoms with Gasteiger partial charge in [-0.1, -0.05) is 140 Å². The number of ether oxygens (including phenoxy) is 1. The molecule has 2 heteroatoms. The zero-order valence-electron chi connectivity index (χ0n) is 25.8. The van der Waals surface area contributed by atoms with Crippen LogP contribution in [-0.4, -0.2) is 11.1 Å². The van der Waals surface area contributed by atoms with Crippen molar-refractivity contribution in [2.45, 2.75) is 12.5 Å². The van der Waals surface area contributed by atoms with E-state index in [4.69, 9.17) is 4.74 Å². The van der Waals surface area contributed by atoms with Crippen molar-refractivity contribution < 1.29 is 4.74 Å². The molecule has 0 bridgehead atoms. The molecule has 1 atom stereocenters. The molecular weight excluding hydrogens is 571 g/mol. The summed E-state index contributed by atoms with van der Waals surface area (Å²) in [6.07, 6.45) is 9.12. The monoisotopic (exact) mass is 601 g/mol. The van der Waals surface area contributed by atoms with Crippen LogP contribution in [0.25, 0.3) is 65.4 Å². The predicted octanol–water partition coefficient (Wildman–Crippen LogP) is 11.7. The Morgan fingerprint density at radius 1 is 0.532 bits per heavy atom. The molecule has 7 aromatic carbocycles. The standard InChI is InChI=1S/C45H31NO/c1-3-13-30(14-4-1)33-25-34(31-15-5-2-6-16-31)27-35(26-33)47-45-40-22-12-11-21-39(40)44(43-29-46-24-23-41(43)45)42-28-32-17-7-8-18-36(32)37-19-9-10-20-38(37)42/h1-26,28-29,35H,27H2. The third kappa shape index (κ3) is 4.78. The van der Waals surface area contributed by atoms with Gasteiger partial charge in [0.05, 0.1) is 0 Å². The van der Waals surface area contributed by atoms with Gasteiger partial charge in [0, 0.05) is 35.0 Å². The number of fused-ring (bicyclic) bond motifs is 5. The van der Waals surface area contributed by atoms with Crippen LogP contribution in [0.4, 0.5) is 0 Å². The highest BCUT2D eigenvalue weighted by atomic mass is 16.5. The first-order valence-corrected chi connectivity index (χ1v) is 16.2. The van der Waals surface area contributed by atoms with Crippen LogP contribution in [0.3, 0.4) is 0 Å². The van der Waals surface area contributed by atoms with Crippen molar-refractivity contribution in [3.8, 4) is 16.9 Å². The Bertz CT molecular complexity index is 2450. The van der Waals surface area contributed by atoms with Gasteiger partial charge >= 0.3 is 0 Å². The Labute approximate surface area is 273 Å². The number of nitrogens with zero attached hydrogens (tertiary/aromatic N) is 1. The van der Waals surface area contributed by atoms with Gasteiger partial charge in [0.1, 0.15) is 11.9 Å². The average Bonchev–Trinajstić information content (AvgIpc) is 3.15. The molecule has 0 aliphatic heterocycles. The highest BCUT2D eigenvalue weighted by molar-refractivity contribution is 6.23. The third-order valence-electron chi connectivity index (χ3n) is 9.45. The Balaban J connectivity index is 1.26. The summed E-state index contributed by atoms with van der Waals surface area (Å²) in [7, 11) is 0. The number of aromatic nitrogens is 1. The molecule has 1 aromatic heterocycles. The van der Waals surface area contributed by atoms with Gasteiger partial charge < -0.3 is 4.74 Å². The molecule has 1 aliphatic rings. The molecule has 2 nitrogen and oxygen atoms in total. The van der Waals surface area contributed by atoms with Crippen molar-refractivity contribution in [3.05, 3.63) is 181 Å². The van der Waals surface area contributed by atoms with E-state index in [1.165, 1.54) is 54.9 Å². The fraction of sp³-hybridized carbons (Fsp3) is 0.0444. The summed E-state index contributed by atoms with van der Waals surface area (Å²) in [5, 5.41) is 9.38. The second-order valence-corrected chi connectivity index (χ2v) is 12.2. The minimum atomic E-state index is -0.155. The second kappa shape index (κ2) is 11.4. The average molecular weight is 602 g/mol. The fourth-order valence-corrected chi connectivity index (χ4v) is 7.32. The SMILES string of the molecule is C1=C(c2ccccc2)C=C(c2ccccc2)CC1Oc1c2ccccc2c(-c2cc3ccccc3c3ccccc23)c2cnccc12. The molecule has 0 spiro atoms. The highest BCUT2D eigenvalue weighted by Crippen LogP contribution is 2.47. The van der Waals surface area contributed by atoms with Crippen molar-refractivity contribution >= 4 is 54.2 Å². The van der Waals surface area contributed by atoms with E-state index in [-0.39, 0.29) is 6.10 Å². The van der Waals surface area contributed by atoms with E-state index >= 15 is 0 Å². The van der Waals surface area contributed by atoms with E-state index in [1.807, 2.05) is 12.4 Å². The van der Waals surface area contributed by atoms with Gasteiger partial charge in [-0.05, 0) is 78.5 Å². The molecule has 1 unspecified atom stereocenters. The highest BCUT2D eigenvalue weighted by Gasteiger charge is 2.24. The maximum absolute atomic E-state index is 7.19. The number of hydrogen-bond acceptors (Lipinski definition) is 2. The summed E-state index contributed by atoms with van der Waals surface area (Å²) in [5.41, 5.74) is 7.25. The van der Waals surface area contributed by atoms with E-state index in [0.717, 1.165) is 33.7 Å². The molecule has 0 N–H and O–H groups in total. The molecule has 0 amide bonds. The summed E-state index contributed by atoms with van der Waals surface area (Å²) in [6, 6.07) is 51.8. The topological polar surface area (TPSA) is 22.1 Å². The van der Waals surface area contributed by atoms with Gasteiger partial charge in [-0.2, -0.15) is 0 Å². The summed E-state index contributed by atoms with van der Waals surface area (Å²) >= 11 is 0. The number of allylic oxidation sites excluding steroid dienone is 2. The Morgan fingerprint density at radius 3 is 1.94 bits per heavy atom. The van der Waals surface area contributed by atoms with Crippen LogP contribution in [0.1, 0.15) is 17.5 Å². The van der Waals surface area contributed by atoms with Crippen LogP contribution in [0, 0.1) is 0 Å². The fourth-order valence-electron chi connectivity index (χ4n) is 7.32. The number of pyridine rings is 1. The molecule has 0 saturated heterocycles. The van der Waals surface area contributed by atoms with Gasteiger partial charge in [-0.25, -0.2) is 0 Å². The Hall–Kier alpha value is -5.99.